The molecule has 12 heavy (non-hydrogen) atoms. The van der Waals surface area contributed by atoms with Crippen molar-refractivity contribution in [2.75, 3.05) is 20.1 Å². The van der Waals surface area contributed by atoms with Crippen molar-refractivity contribution in [3.63, 3.8) is 0 Å². The van der Waals surface area contributed by atoms with Crippen LogP contribution in [0.25, 0.3) is 0 Å². The maximum absolute atomic E-state index is 11.3. The van der Waals surface area contributed by atoms with Gasteiger partial charge in [-0.05, 0) is 7.05 Å². The monoisotopic (exact) mass is 172 g/mol. The van der Waals surface area contributed by atoms with Gasteiger partial charge in [-0.1, -0.05) is 0 Å². The Kier molecular flexibility index (Phi) is 2.65. The van der Waals surface area contributed by atoms with E-state index < -0.39 is 12.0 Å². The van der Waals surface area contributed by atoms with E-state index in [1.54, 1.807) is 11.9 Å². The van der Waals surface area contributed by atoms with Crippen LogP contribution in [0.3, 0.4) is 0 Å². The fourth-order valence-electron chi connectivity index (χ4n) is 0.978. The van der Waals surface area contributed by atoms with E-state index in [0.717, 1.165) is 13.1 Å². The smallest absolute Gasteiger partial charge is 0.305 e. The molecular weight excluding hydrogens is 160 g/mol. The number of nitrogens with zero attached hydrogens (tertiary/aromatic N) is 1. The highest BCUT2D eigenvalue weighted by atomic mass is 16.4. The van der Waals surface area contributed by atoms with Crippen molar-refractivity contribution in [1.29, 1.82) is 0 Å². The van der Waals surface area contributed by atoms with E-state index in [2.05, 4.69) is 5.32 Å². The van der Waals surface area contributed by atoms with Crippen molar-refractivity contribution >= 4 is 11.9 Å². The zero-order chi connectivity index (χ0) is 9.14. The molecular formula is C7H12N2O3. The number of nitrogens with one attached hydrogen (secondary N) is 1. The van der Waals surface area contributed by atoms with E-state index in [4.69, 9.17) is 5.11 Å². The number of amides is 1. The minimum Gasteiger partial charge on any atom is -0.481 e. The molecule has 0 aromatic rings. The Morgan fingerprint density at radius 1 is 1.58 bits per heavy atom. The number of likely N-dealkylation sites (N-methyl/N-ethyl adjacent to an activating group) is 1. The van der Waals surface area contributed by atoms with Gasteiger partial charge in [0.05, 0.1) is 12.5 Å². The number of hydrogen-bond acceptors (Lipinski definition) is 3. The second-order valence-corrected chi connectivity index (χ2v) is 2.76. The molecule has 5 heteroatoms. The van der Waals surface area contributed by atoms with Gasteiger partial charge in [-0.25, -0.2) is 0 Å². The largest absolute Gasteiger partial charge is 0.481 e. The van der Waals surface area contributed by atoms with Crippen molar-refractivity contribution in [2.24, 2.45) is 0 Å². The quantitative estimate of drug-likeness (QED) is 0.528. The summed E-state index contributed by atoms with van der Waals surface area (Å²) < 4.78 is 0. The normalized spacial score (nSPS) is 17.2. The lowest BCUT2D eigenvalue weighted by molar-refractivity contribution is -0.140. The standard InChI is InChI=1S/C7H12N2O3/c1-8-5(4-6(10)11)7(12)9-2-3-9/h5,8H,2-4H2,1H3,(H,10,11). The molecule has 1 heterocycles. The van der Waals surface area contributed by atoms with E-state index in [1.807, 2.05) is 0 Å². The molecule has 0 spiro atoms. The predicted octanol–water partition coefficient (Wildman–Crippen LogP) is -1.11. The summed E-state index contributed by atoms with van der Waals surface area (Å²) in [5.41, 5.74) is 0. The molecule has 0 aromatic carbocycles. The lowest BCUT2D eigenvalue weighted by atomic mass is 10.2. The number of carboxylic acid groups (broad SMARTS) is 1. The average molecular weight is 172 g/mol. The highest BCUT2D eigenvalue weighted by Gasteiger charge is 2.31. The molecule has 68 valence electrons. The van der Waals surface area contributed by atoms with Crippen molar-refractivity contribution in [1.82, 2.24) is 10.2 Å². The van der Waals surface area contributed by atoms with Gasteiger partial charge in [0.1, 0.15) is 0 Å². The molecule has 1 atom stereocenters. The van der Waals surface area contributed by atoms with Crippen LogP contribution in [0.1, 0.15) is 6.42 Å². The lowest BCUT2D eigenvalue weighted by Crippen LogP contribution is -2.39. The molecule has 0 radical (unpaired) electrons. The minimum atomic E-state index is -0.954. The number of aliphatic carboxylic acids is 1. The van der Waals surface area contributed by atoms with Crippen LogP contribution in [0.4, 0.5) is 0 Å². The zero-order valence-electron chi connectivity index (χ0n) is 6.91. The van der Waals surface area contributed by atoms with Gasteiger partial charge >= 0.3 is 5.97 Å². The molecule has 1 amide bonds. The summed E-state index contributed by atoms with van der Waals surface area (Å²) in [5, 5.41) is 11.1. The van der Waals surface area contributed by atoms with Crippen LogP contribution in [-0.4, -0.2) is 48.1 Å². The van der Waals surface area contributed by atoms with E-state index in [0.29, 0.717) is 0 Å². The first kappa shape index (κ1) is 8.99. The molecule has 1 aliphatic heterocycles. The highest BCUT2D eigenvalue weighted by molar-refractivity contribution is 5.87. The third kappa shape index (κ3) is 2.20. The SMILES string of the molecule is CNC(CC(=O)O)C(=O)N1CC1. The molecule has 0 saturated carbocycles. The second kappa shape index (κ2) is 3.53. The van der Waals surface area contributed by atoms with Crippen LogP contribution >= 0.6 is 0 Å². The maximum atomic E-state index is 11.3. The second-order valence-electron chi connectivity index (χ2n) is 2.76. The summed E-state index contributed by atoms with van der Waals surface area (Å²) in [4.78, 5) is 23.2. The molecule has 1 saturated heterocycles. The molecule has 2 N–H and O–H groups in total. The Bertz CT molecular complexity index is 201. The van der Waals surface area contributed by atoms with Crippen LogP contribution in [0, 0.1) is 0 Å². The topological polar surface area (TPSA) is 69.4 Å². The van der Waals surface area contributed by atoms with Crippen LogP contribution in [0.2, 0.25) is 0 Å². The third-order valence-corrected chi connectivity index (χ3v) is 1.78. The summed E-state index contributed by atoms with van der Waals surface area (Å²) in [6.07, 6.45) is -0.147. The first-order valence-corrected chi connectivity index (χ1v) is 3.83. The fraction of sp³-hybridized carbons (Fsp3) is 0.714. The Morgan fingerprint density at radius 3 is 2.50 bits per heavy atom. The Hall–Kier alpha value is -1.10. The van der Waals surface area contributed by atoms with E-state index in [1.165, 1.54) is 0 Å². The van der Waals surface area contributed by atoms with Crippen LogP contribution in [-0.2, 0) is 9.59 Å². The van der Waals surface area contributed by atoms with Gasteiger partial charge in [-0.3, -0.25) is 9.59 Å². The van der Waals surface area contributed by atoms with Gasteiger partial charge in [0, 0.05) is 13.1 Å². The predicted molar refractivity (Wildman–Crippen MR) is 41.7 cm³/mol. The fourth-order valence-corrected chi connectivity index (χ4v) is 0.978. The van der Waals surface area contributed by atoms with Crippen LogP contribution in [0.5, 0.6) is 0 Å². The van der Waals surface area contributed by atoms with Crippen molar-refractivity contribution < 1.29 is 14.7 Å². The molecule has 1 aliphatic rings. The summed E-state index contributed by atoms with van der Waals surface area (Å²) in [6.45, 7) is 1.52. The molecule has 1 unspecified atom stereocenters. The molecule has 1 rings (SSSR count). The maximum Gasteiger partial charge on any atom is 0.305 e. The van der Waals surface area contributed by atoms with E-state index in [-0.39, 0.29) is 12.3 Å². The molecule has 0 bridgehead atoms. The minimum absolute atomic E-state index is 0.111. The van der Waals surface area contributed by atoms with Crippen LogP contribution < -0.4 is 5.32 Å². The molecule has 1 fully saturated rings. The van der Waals surface area contributed by atoms with E-state index >= 15 is 0 Å². The van der Waals surface area contributed by atoms with Gasteiger partial charge < -0.3 is 15.3 Å². The lowest BCUT2D eigenvalue weighted by Gasteiger charge is -2.12. The summed E-state index contributed by atoms with van der Waals surface area (Å²) in [7, 11) is 1.59. The Morgan fingerprint density at radius 2 is 2.17 bits per heavy atom. The molecule has 0 aromatic heterocycles. The third-order valence-electron chi connectivity index (χ3n) is 1.78. The van der Waals surface area contributed by atoms with Gasteiger partial charge in [0.25, 0.3) is 0 Å². The first-order chi connectivity index (χ1) is 5.65. The number of rotatable bonds is 4. The van der Waals surface area contributed by atoms with Gasteiger partial charge in [-0.2, -0.15) is 0 Å². The average Bonchev–Trinajstić information content (AvgIpc) is 2.80. The van der Waals surface area contributed by atoms with Gasteiger partial charge in [0.2, 0.25) is 5.91 Å². The van der Waals surface area contributed by atoms with Crippen LogP contribution in [0.15, 0.2) is 0 Å². The van der Waals surface area contributed by atoms with Crippen molar-refractivity contribution in [3.05, 3.63) is 0 Å². The number of hydrogen-bond donors (Lipinski definition) is 2. The number of carbonyl (C=O) groups is 2. The molecule has 0 aliphatic carbocycles. The molecule has 5 nitrogen and oxygen atoms in total. The highest BCUT2D eigenvalue weighted by Crippen LogP contribution is 2.08. The Balaban J connectivity index is 2.42. The zero-order valence-corrected chi connectivity index (χ0v) is 6.91. The van der Waals surface area contributed by atoms with Crippen molar-refractivity contribution in [3.8, 4) is 0 Å². The summed E-state index contributed by atoms with van der Waals surface area (Å²) in [5.74, 6) is -1.07. The van der Waals surface area contributed by atoms with Gasteiger partial charge in [-0.15, -0.1) is 0 Å². The van der Waals surface area contributed by atoms with E-state index in [9.17, 15) is 9.59 Å². The van der Waals surface area contributed by atoms with Crippen molar-refractivity contribution in [2.45, 2.75) is 12.5 Å². The summed E-state index contributed by atoms with van der Waals surface area (Å²) in [6, 6.07) is -0.565. The number of carboxylic acids is 1. The van der Waals surface area contributed by atoms with Gasteiger partial charge in [0.15, 0.2) is 0 Å². The summed E-state index contributed by atoms with van der Waals surface area (Å²) >= 11 is 0. The Labute approximate surface area is 70.4 Å². The first-order valence-electron chi connectivity index (χ1n) is 3.83. The number of carbonyl (C=O) groups excluding carboxylic acids is 1.